The van der Waals surface area contributed by atoms with Crippen LogP contribution in [0.25, 0.3) is 15.9 Å². The zero-order valence-corrected chi connectivity index (χ0v) is 18.5. The van der Waals surface area contributed by atoms with Gasteiger partial charge in [-0.05, 0) is 55.9 Å². The lowest BCUT2D eigenvalue weighted by atomic mass is 9.97. The van der Waals surface area contributed by atoms with Crippen molar-refractivity contribution in [1.82, 2.24) is 9.13 Å². The second kappa shape index (κ2) is 7.85. The molecule has 0 radical (unpaired) electrons. The molecule has 2 heterocycles. The normalized spacial score (nSPS) is 13.4. The number of methoxy groups -OCH3 is 1. The van der Waals surface area contributed by atoms with Crippen LogP contribution < -0.4 is 16.0 Å². The minimum Gasteiger partial charge on any atom is -0.497 e. The number of aryl methyl sites for hydroxylation is 3. The summed E-state index contributed by atoms with van der Waals surface area (Å²) in [6.45, 7) is 2.48. The molecule has 6 heteroatoms. The van der Waals surface area contributed by atoms with Crippen LogP contribution in [-0.4, -0.2) is 16.2 Å². The van der Waals surface area contributed by atoms with Crippen molar-refractivity contribution in [1.29, 1.82) is 0 Å². The van der Waals surface area contributed by atoms with E-state index < -0.39 is 0 Å². The van der Waals surface area contributed by atoms with Crippen molar-refractivity contribution in [2.75, 3.05) is 7.11 Å². The molecule has 0 spiro atoms. The van der Waals surface area contributed by atoms with E-state index in [4.69, 9.17) is 4.74 Å². The maximum atomic E-state index is 13.7. The monoisotopic (exact) mass is 432 g/mol. The predicted octanol–water partition coefficient (Wildman–Crippen LogP) is 4.46. The summed E-state index contributed by atoms with van der Waals surface area (Å²) in [6, 6.07) is 15.3. The highest BCUT2D eigenvalue weighted by atomic mass is 32.1. The van der Waals surface area contributed by atoms with E-state index in [1.54, 1.807) is 41.2 Å². The second-order valence-electron chi connectivity index (χ2n) is 8.09. The van der Waals surface area contributed by atoms with Crippen LogP contribution in [0.1, 0.15) is 34.4 Å². The average Bonchev–Trinajstić information content (AvgIpc) is 3.18. The first-order chi connectivity index (χ1) is 15.1. The molecule has 0 unspecified atom stereocenters. The SMILES string of the molecule is COc1cccc(-n2c(=O)c3c4c(sc3n(Cc3ccc(C)cc3)c2=O)CCCC4)c1. The molecule has 0 saturated carbocycles. The van der Waals surface area contributed by atoms with E-state index in [9.17, 15) is 9.59 Å². The van der Waals surface area contributed by atoms with Crippen molar-refractivity contribution in [2.24, 2.45) is 0 Å². The molecule has 0 aliphatic heterocycles. The maximum Gasteiger partial charge on any atom is 0.337 e. The standard InChI is InChI=1S/C25H24N2O3S/c1-16-10-12-17(13-11-16)15-26-24-22(20-8-3-4-9-21(20)31-24)23(28)27(25(26)29)18-6-5-7-19(14-18)30-2/h5-7,10-14H,3-4,8-9,15H2,1-2H3. The summed E-state index contributed by atoms with van der Waals surface area (Å²) in [5.41, 5.74) is 3.33. The fourth-order valence-electron chi connectivity index (χ4n) is 4.36. The molecule has 2 aromatic carbocycles. The van der Waals surface area contributed by atoms with Gasteiger partial charge in [0.05, 0.1) is 24.7 Å². The van der Waals surface area contributed by atoms with Gasteiger partial charge in [-0.15, -0.1) is 11.3 Å². The van der Waals surface area contributed by atoms with Crippen molar-refractivity contribution in [3.63, 3.8) is 0 Å². The van der Waals surface area contributed by atoms with Crippen LogP contribution in [0.3, 0.4) is 0 Å². The third kappa shape index (κ3) is 3.41. The number of fused-ring (bicyclic) bond motifs is 3. The van der Waals surface area contributed by atoms with Crippen LogP contribution in [0.2, 0.25) is 0 Å². The number of hydrogen-bond donors (Lipinski definition) is 0. The quantitative estimate of drug-likeness (QED) is 0.479. The molecule has 0 saturated heterocycles. The molecule has 5 rings (SSSR count). The van der Waals surface area contributed by atoms with Gasteiger partial charge in [-0.2, -0.15) is 0 Å². The molecular weight excluding hydrogens is 408 g/mol. The molecule has 0 bridgehead atoms. The second-order valence-corrected chi connectivity index (χ2v) is 9.17. The van der Waals surface area contributed by atoms with Crippen molar-refractivity contribution in [3.05, 3.63) is 90.9 Å². The van der Waals surface area contributed by atoms with Gasteiger partial charge in [0, 0.05) is 10.9 Å². The molecular formula is C25H24N2O3S. The molecule has 0 amide bonds. The Morgan fingerprint density at radius 3 is 2.58 bits per heavy atom. The number of benzene rings is 2. The Labute approximate surface area is 184 Å². The molecule has 4 aromatic rings. The van der Waals surface area contributed by atoms with Crippen LogP contribution in [0.5, 0.6) is 5.75 Å². The fourth-order valence-corrected chi connectivity index (χ4v) is 5.73. The Morgan fingerprint density at radius 1 is 1.03 bits per heavy atom. The highest BCUT2D eigenvalue weighted by Gasteiger charge is 2.24. The van der Waals surface area contributed by atoms with Gasteiger partial charge < -0.3 is 4.74 Å². The van der Waals surface area contributed by atoms with E-state index in [1.165, 1.54) is 15.0 Å². The number of thiophene rings is 1. The van der Waals surface area contributed by atoms with Gasteiger partial charge in [0.1, 0.15) is 10.6 Å². The van der Waals surface area contributed by atoms with Gasteiger partial charge in [0.2, 0.25) is 0 Å². The lowest BCUT2D eigenvalue weighted by Gasteiger charge is -2.14. The first-order valence-electron chi connectivity index (χ1n) is 10.6. The molecule has 0 N–H and O–H groups in total. The van der Waals surface area contributed by atoms with E-state index in [2.05, 4.69) is 12.1 Å². The Kier molecular flexibility index (Phi) is 5.02. The molecule has 158 valence electrons. The molecule has 1 aliphatic rings. The summed E-state index contributed by atoms with van der Waals surface area (Å²) in [7, 11) is 1.58. The molecule has 5 nitrogen and oxygen atoms in total. The summed E-state index contributed by atoms with van der Waals surface area (Å²) >= 11 is 1.61. The Morgan fingerprint density at radius 2 is 1.81 bits per heavy atom. The van der Waals surface area contributed by atoms with Gasteiger partial charge in [-0.25, -0.2) is 9.36 Å². The molecule has 1 aliphatic carbocycles. The molecule has 0 fully saturated rings. The van der Waals surface area contributed by atoms with Crippen LogP contribution in [-0.2, 0) is 19.4 Å². The minimum atomic E-state index is -0.315. The van der Waals surface area contributed by atoms with Crippen molar-refractivity contribution in [2.45, 2.75) is 39.2 Å². The van der Waals surface area contributed by atoms with Crippen LogP contribution in [0.4, 0.5) is 0 Å². The molecule has 0 atom stereocenters. The maximum absolute atomic E-state index is 13.7. The van der Waals surface area contributed by atoms with Gasteiger partial charge in [0.25, 0.3) is 5.56 Å². The van der Waals surface area contributed by atoms with E-state index in [0.717, 1.165) is 41.6 Å². The van der Waals surface area contributed by atoms with E-state index in [0.29, 0.717) is 23.4 Å². The first-order valence-corrected chi connectivity index (χ1v) is 11.4. The summed E-state index contributed by atoms with van der Waals surface area (Å²) in [5, 5.41) is 0.703. The van der Waals surface area contributed by atoms with Gasteiger partial charge >= 0.3 is 5.69 Å². The first kappa shape index (κ1) is 19.8. The van der Waals surface area contributed by atoms with Crippen LogP contribution in [0.15, 0.2) is 58.1 Å². The number of nitrogens with zero attached hydrogens (tertiary/aromatic N) is 2. The van der Waals surface area contributed by atoms with Crippen molar-refractivity contribution < 1.29 is 4.74 Å². The number of aromatic nitrogens is 2. The van der Waals surface area contributed by atoms with Crippen LogP contribution in [0, 0.1) is 6.92 Å². The topological polar surface area (TPSA) is 53.2 Å². The van der Waals surface area contributed by atoms with Crippen molar-refractivity contribution >= 4 is 21.6 Å². The molecule has 31 heavy (non-hydrogen) atoms. The summed E-state index contributed by atoms with van der Waals surface area (Å²) in [6.07, 6.45) is 4.08. The van der Waals surface area contributed by atoms with E-state index >= 15 is 0 Å². The van der Waals surface area contributed by atoms with Gasteiger partial charge in [-0.3, -0.25) is 9.36 Å². The lowest BCUT2D eigenvalue weighted by molar-refractivity contribution is 0.414. The highest BCUT2D eigenvalue weighted by Crippen LogP contribution is 2.34. The Bertz CT molecular complexity index is 1390. The van der Waals surface area contributed by atoms with E-state index in [-0.39, 0.29) is 11.2 Å². The van der Waals surface area contributed by atoms with Crippen molar-refractivity contribution in [3.8, 4) is 11.4 Å². The number of rotatable bonds is 4. The summed E-state index contributed by atoms with van der Waals surface area (Å²) < 4.78 is 8.41. The average molecular weight is 433 g/mol. The predicted molar refractivity (Wildman–Crippen MR) is 125 cm³/mol. The molecule has 2 aromatic heterocycles. The summed E-state index contributed by atoms with van der Waals surface area (Å²) in [4.78, 5) is 29.4. The fraction of sp³-hybridized carbons (Fsp3) is 0.280. The van der Waals surface area contributed by atoms with Gasteiger partial charge in [0.15, 0.2) is 0 Å². The third-order valence-corrected chi connectivity index (χ3v) is 7.32. The van der Waals surface area contributed by atoms with E-state index in [1.807, 2.05) is 25.1 Å². The smallest absolute Gasteiger partial charge is 0.337 e. The third-order valence-electron chi connectivity index (χ3n) is 6.01. The van der Waals surface area contributed by atoms with Gasteiger partial charge in [-0.1, -0.05) is 35.9 Å². The van der Waals surface area contributed by atoms with Crippen LogP contribution >= 0.6 is 11.3 Å². The largest absolute Gasteiger partial charge is 0.497 e. The summed E-state index contributed by atoms with van der Waals surface area (Å²) in [5.74, 6) is 0.612. The highest BCUT2D eigenvalue weighted by molar-refractivity contribution is 7.18. The number of hydrogen-bond acceptors (Lipinski definition) is 4. The zero-order valence-electron chi connectivity index (χ0n) is 17.7. The number of ether oxygens (including phenoxy) is 1. The minimum absolute atomic E-state index is 0.229. The Balaban J connectivity index is 1.81. The Hall–Kier alpha value is -3.12. The lowest BCUT2D eigenvalue weighted by Crippen LogP contribution is -2.39. The zero-order chi connectivity index (χ0) is 21.5.